The Morgan fingerprint density at radius 2 is 2.25 bits per heavy atom. The molecule has 3 rings (SSSR count). The van der Waals surface area contributed by atoms with E-state index in [1.165, 1.54) is 10.5 Å². The van der Waals surface area contributed by atoms with Gasteiger partial charge in [0.2, 0.25) is 5.91 Å². The molecule has 2 unspecified atom stereocenters. The molecule has 20 heavy (non-hydrogen) atoms. The third-order valence-electron chi connectivity index (χ3n) is 3.51. The third kappa shape index (κ3) is 3.47. The zero-order valence-corrected chi connectivity index (χ0v) is 12.8. The van der Waals surface area contributed by atoms with Crippen molar-refractivity contribution in [3.05, 3.63) is 29.8 Å². The Morgan fingerprint density at radius 1 is 1.40 bits per heavy atom. The molecule has 2 aliphatic heterocycles. The number of hydrogen-bond acceptors (Lipinski definition) is 4. The van der Waals surface area contributed by atoms with Gasteiger partial charge in [0.1, 0.15) is 6.04 Å². The fourth-order valence-electron chi connectivity index (χ4n) is 2.50. The van der Waals surface area contributed by atoms with Gasteiger partial charge in [0.15, 0.2) is 0 Å². The van der Waals surface area contributed by atoms with Crippen molar-refractivity contribution >= 4 is 30.1 Å². The fraction of sp³-hybridized carbons (Fsp3) is 0.500. The smallest absolute Gasteiger partial charge is 0.240 e. The fourth-order valence-corrected chi connectivity index (χ4v) is 3.62. The third-order valence-corrected chi connectivity index (χ3v) is 4.64. The van der Waals surface area contributed by atoms with Crippen LogP contribution in [0.25, 0.3) is 0 Å². The molecule has 0 saturated carbocycles. The summed E-state index contributed by atoms with van der Waals surface area (Å²) >= 11 is 1.86. The Balaban J connectivity index is 0.00000147. The molecule has 1 aromatic rings. The van der Waals surface area contributed by atoms with Crippen molar-refractivity contribution in [2.24, 2.45) is 0 Å². The van der Waals surface area contributed by atoms with E-state index in [-0.39, 0.29) is 30.4 Å². The van der Waals surface area contributed by atoms with Gasteiger partial charge in [-0.1, -0.05) is 18.2 Å². The van der Waals surface area contributed by atoms with Crippen molar-refractivity contribution in [3.63, 3.8) is 0 Å². The van der Waals surface area contributed by atoms with Crippen LogP contribution in [0.2, 0.25) is 0 Å². The van der Waals surface area contributed by atoms with Crippen LogP contribution in [0.1, 0.15) is 18.0 Å². The molecule has 2 N–H and O–H groups in total. The molecule has 0 radical (unpaired) electrons. The summed E-state index contributed by atoms with van der Waals surface area (Å²) < 4.78 is 5.33. The first kappa shape index (κ1) is 15.6. The lowest BCUT2D eigenvalue weighted by Crippen LogP contribution is -2.52. The van der Waals surface area contributed by atoms with Crippen molar-refractivity contribution < 1.29 is 9.53 Å². The Morgan fingerprint density at radius 3 is 3.05 bits per heavy atom. The average molecular weight is 315 g/mol. The molecule has 6 heteroatoms. The van der Waals surface area contributed by atoms with Gasteiger partial charge in [-0.15, -0.1) is 24.2 Å². The largest absolute Gasteiger partial charge is 0.378 e. The summed E-state index contributed by atoms with van der Waals surface area (Å²) in [6.07, 6.45) is 0.987. The number of morpholine rings is 1. The van der Waals surface area contributed by atoms with Gasteiger partial charge < -0.3 is 15.4 Å². The molecule has 1 aromatic carbocycles. The summed E-state index contributed by atoms with van der Waals surface area (Å²) in [6, 6.07) is 8.24. The van der Waals surface area contributed by atoms with Crippen LogP contribution in [0.5, 0.6) is 0 Å². The predicted molar refractivity (Wildman–Crippen MR) is 82.5 cm³/mol. The van der Waals surface area contributed by atoms with Crippen LogP contribution in [0.3, 0.4) is 0 Å². The first-order chi connectivity index (χ1) is 9.34. The molecule has 1 fully saturated rings. The number of nitrogens with one attached hydrogen (secondary N) is 2. The number of benzene rings is 1. The van der Waals surface area contributed by atoms with Gasteiger partial charge in [0, 0.05) is 17.2 Å². The minimum absolute atomic E-state index is 0. The molecule has 2 aliphatic rings. The van der Waals surface area contributed by atoms with Crippen molar-refractivity contribution in [3.8, 4) is 0 Å². The topological polar surface area (TPSA) is 50.4 Å². The van der Waals surface area contributed by atoms with Crippen LogP contribution in [0.4, 0.5) is 0 Å². The number of amides is 1. The van der Waals surface area contributed by atoms with Crippen molar-refractivity contribution in [2.75, 3.05) is 25.5 Å². The van der Waals surface area contributed by atoms with Gasteiger partial charge in [-0.05, 0) is 18.1 Å². The van der Waals surface area contributed by atoms with E-state index in [9.17, 15) is 4.79 Å². The lowest BCUT2D eigenvalue weighted by molar-refractivity contribution is -0.126. The normalized spacial score (nSPS) is 25.2. The lowest BCUT2D eigenvalue weighted by Gasteiger charge is -2.29. The van der Waals surface area contributed by atoms with Gasteiger partial charge in [-0.25, -0.2) is 0 Å². The van der Waals surface area contributed by atoms with E-state index in [0.717, 1.165) is 18.7 Å². The standard InChI is InChI=1S/C14H18N2O2S.ClH/c17-14(12-9-18-7-6-15-12)16-11-5-8-19-13-4-2-1-3-10(11)13;/h1-4,11-12,15H,5-9H2,(H,16,17);1H. The molecule has 110 valence electrons. The second-order valence-electron chi connectivity index (χ2n) is 4.82. The van der Waals surface area contributed by atoms with E-state index in [4.69, 9.17) is 4.74 Å². The molecule has 1 saturated heterocycles. The number of carbonyl (C=O) groups excluding carboxylic acids is 1. The Hall–Kier alpha value is -0.750. The molecule has 2 atom stereocenters. The van der Waals surface area contributed by atoms with E-state index in [0.29, 0.717) is 13.2 Å². The molecular formula is C14H19ClN2O2S. The van der Waals surface area contributed by atoms with Crippen LogP contribution in [-0.2, 0) is 9.53 Å². The zero-order valence-electron chi connectivity index (χ0n) is 11.1. The molecular weight excluding hydrogens is 296 g/mol. The zero-order chi connectivity index (χ0) is 13.1. The quantitative estimate of drug-likeness (QED) is 0.873. The summed E-state index contributed by atoms with van der Waals surface area (Å²) in [5.74, 6) is 1.10. The highest BCUT2D eigenvalue weighted by Crippen LogP contribution is 2.35. The summed E-state index contributed by atoms with van der Waals surface area (Å²) in [5, 5.41) is 6.34. The second-order valence-corrected chi connectivity index (χ2v) is 5.95. The predicted octanol–water partition coefficient (Wildman–Crippen LogP) is 1.75. The number of thioether (sulfide) groups is 1. The van der Waals surface area contributed by atoms with Crippen molar-refractivity contribution in [1.82, 2.24) is 10.6 Å². The highest BCUT2D eigenvalue weighted by Gasteiger charge is 2.26. The molecule has 4 nitrogen and oxygen atoms in total. The molecule has 0 aromatic heterocycles. The summed E-state index contributed by atoms with van der Waals surface area (Å²) in [6.45, 7) is 1.90. The highest BCUT2D eigenvalue weighted by atomic mass is 35.5. The summed E-state index contributed by atoms with van der Waals surface area (Å²) in [5.41, 5.74) is 1.24. The van der Waals surface area contributed by atoms with E-state index in [1.54, 1.807) is 0 Å². The van der Waals surface area contributed by atoms with Gasteiger partial charge in [0.05, 0.1) is 19.3 Å². The number of rotatable bonds is 2. The monoisotopic (exact) mass is 314 g/mol. The van der Waals surface area contributed by atoms with Gasteiger partial charge >= 0.3 is 0 Å². The van der Waals surface area contributed by atoms with Crippen LogP contribution in [0, 0.1) is 0 Å². The lowest BCUT2D eigenvalue weighted by atomic mass is 10.0. The molecule has 0 aliphatic carbocycles. The second kappa shape index (κ2) is 7.31. The van der Waals surface area contributed by atoms with Gasteiger partial charge in [-0.3, -0.25) is 4.79 Å². The number of carbonyl (C=O) groups is 1. The maximum atomic E-state index is 12.2. The summed E-state index contributed by atoms with van der Waals surface area (Å²) in [4.78, 5) is 13.5. The number of fused-ring (bicyclic) bond motifs is 1. The maximum absolute atomic E-state index is 12.2. The minimum Gasteiger partial charge on any atom is -0.378 e. The molecule has 0 spiro atoms. The number of halogens is 1. The van der Waals surface area contributed by atoms with Gasteiger partial charge in [-0.2, -0.15) is 0 Å². The van der Waals surface area contributed by atoms with E-state index in [1.807, 2.05) is 23.9 Å². The number of ether oxygens (including phenoxy) is 1. The molecule has 0 bridgehead atoms. The van der Waals surface area contributed by atoms with E-state index < -0.39 is 0 Å². The first-order valence-corrected chi connectivity index (χ1v) is 7.66. The van der Waals surface area contributed by atoms with Crippen molar-refractivity contribution in [1.29, 1.82) is 0 Å². The Labute approximate surface area is 129 Å². The molecule has 2 heterocycles. The number of hydrogen-bond donors (Lipinski definition) is 2. The van der Waals surface area contributed by atoms with Crippen LogP contribution in [0.15, 0.2) is 29.2 Å². The Kier molecular flexibility index (Phi) is 5.72. The van der Waals surface area contributed by atoms with Crippen LogP contribution < -0.4 is 10.6 Å². The minimum atomic E-state index is -0.213. The SMILES string of the molecule is Cl.O=C(NC1CCSc2ccccc21)C1COCCN1. The first-order valence-electron chi connectivity index (χ1n) is 6.68. The Bertz CT molecular complexity index is 466. The molecule has 1 amide bonds. The van der Waals surface area contributed by atoms with Crippen LogP contribution >= 0.6 is 24.2 Å². The average Bonchev–Trinajstić information content (AvgIpc) is 2.48. The van der Waals surface area contributed by atoms with Crippen molar-refractivity contribution in [2.45, 2.75) is 23.4 Å². The van der Waals surface area contributed by atoms with Gasteiger partial charge in [0.25, 0.3) is 0 Å². The van der Waals surface area contributed by atoms with Crippen LogP contribution in [-0.4, -0.2) is 37.5 Å². The highest BCUT2D eigenvalue weighted by molar-refractivity contribution is 7.99. The van der Waals surface area contributed by atoms with E-state index in [2.05, 4.69) is 22.8 Å². The maximum Gasteiger partial charge on any atom is 0.240 e. The summed E-state index contributed by atoms with van der Waals surface area (Å²) in [7, 11) is 0. The van der Waals surface area contributed by atoms with E-state index >= 15 is 0 Å².